The summed E-state index contributed by atoms with van der Waals surface area (Å²) < 4.78 is 10.5. The number of carbonyl (C=O) groups is 1. The minimum Gasteiger partial charge on any atom is -0.493 e. The van der Waals surface area contributed by atoms with Gasteiger partial charge in [0, 0.05) is 30.9 Å². The molecule has 0 atom stereocenters. The molecule has 0 saturated carbocycles. The van der Waals surface area contributed by atoms with Gasteiger partial charge in [-0.05, 0) is 29.8 Å². The zero-order chi connectivity index (χ0) is 18.2. The number of hydrogen-bond acceptors (Lipinski definition) is 4. The second kappa shape index (κ2) is 10.5. The number of ether oxygens (including phenoxy) is 2. The molecule has 0 unspecified atom stereocenters. The van der Waals surface area contributed by atoms with Gasteiger partial charge < -0.3 is 25.8 Å². The fraction of sp³-hybridized carbons (Fsp3) is 0.222. The highest BCUT2D eigenvalue weighted by Crippen LogP contribution is 2.29. The van der Waals surface area contributed by atoms with Crippen LogP contribution in [0.25, 0.3) is 0 Å². The van der Waals surface area contributed by atoms with Gasteiger partial charge in [0.05, 0.1) is 14.2 Å². The van der Waals surface area contributed by atoms with Crippen molar-refractivity contribution in [2.45, 2.75) is 6.54 Å². The van der Waals surface area contributed by atoms with E-state index in [-0.39, 0.29) is 24.0 Å². The Morgan fingerprint density at radius 1 is 1.08 bits per heavy atom. The van der Waals surface area contributed by atoms with Crippen molar-refractivity contribution in [2.24, 2.45) is 10.7 Å². The van der Waals surface area contributed by atoms with Gasteiger partial charge in [-0.15, -0.1) is 24.0 Å². The van der Waals surface area contributed by atoms with Crippen LogP contribution < -0.4 is 25.8 Å². The summed E-state index contributed by atoms with van der Waals surface area (Å²) in [5.74, 6) is 1.45. The number of benzene rings is 2. The van der Waals surface area contributed by atoms with Gasteiger partial charge in [-0.2, -0.15) is 0 Å². The fourth-order valence-electron chi connectivity index (χ4n) is 2.20. The molecule has 0 spiro atoms. The summed E-state index contributed by atoms with van der Waals surface area (Å²) in [7, 11) is 4.87. The van der Waals surface area contributed by atoms with E-state index in [0.29, 0.717) is 29.6 Å². The summed E-state index contributed by atoms with van der Waals surface area (Å²) in [5, 5.41) is 6.38. The minimum absolute atomic E-state index is 0. The van der Waals surface area contributed by atoms with Gasteiger partial charge in [0.1, 0.15) is 0 Å². The number of nitrogens with one attached hydrogen (secondary N) is 2. The number of amides is 1. The molecule has 2 aromatic rings. The summed E-state index contributed by atoms with van der Waals surface area (Å²) in [5.41, 5.74) is 7.53. The average molecular weight is 470 g/mol. The Balaban J connectivity index is 0.00000338. The van der Waals surface area contributed by atoms with Crippen LogP contribution in [0.4, 0.5) is 5.69 Å². The van der Waals surface area contributed by atoms with Crippen molar-refractivity contribution >= 4 is 41.5 Å². The van der Waals surface area contributed by atoms with Crippen LogP contribution in [0.2, 0.25) is 0 Å². The number of primary amides is 1. The third kappa shape index (κ3) is 5.80. The molecule has 0 aromatic heterocycles. The lowest BCUT2D eigenvalue weighted by molar-refractivity contribution is 0.100. The molecule has 0 saturated heterocycles. The Morgan fingerprint density at radius 3 is 2.27 bits per heavy atom. The van der Waals surface area contributed by atoms with Gasteiger partial charge in [-0.1, -0.05) is 12.1 Å². The second-order valence-electron chi connectivity index (χ2n) is 5.18. The zero-order valence-corrected chi connectivity index (χ0v) is 17.2. The van der Waals surface area contributed by atoms with Crippen LogP contribution in [0.3, 0.4) is 0 Å². The quantitative estimate of drug-likeness (QED) is 0.343. The molecule has 0 aliphatic carbocycles. The lowest BCUT2D eigenvalue weighted by atomic mass is 10.1. The van der Waals surface area contributed by atoms with Crippen molar-refractivity contribution < 1.29 is 14.3 Å². The molecule has 26 heavy (non-hydrogen) atoms. The topological polar surface area (TPSA) is 98.0 Å². The maximum Gasteiger partial charge on any atom is 0.248 e. The summed E-state index contributed by atoms with van der Waals surface area (Å²) in [4.78, 5) is 15.3. The van der Waals surface area contributed by atoms with Gasteiger partial charge in [-0.3, -0.25) is 9.79 Å². The predicted molar refractivity (Wildman–Crippen MR) is 114 cm³/mol. The molecule has 4 N–H and O–H groups in total. The van der Waals surface area contributed by atoms with Crippen molar-refractivity contribution in [3.8, 4) is 11.5 Å². The van der Waals surface area contributed by atoms with Gasteiger partial charge in [-0.25, -0.2) is 0 Å². The van der Waals surface area contributed by atoms with Crippen LogP contribution in [-0.4, -0.2) is 33.1 Å². The number of aliphatic imine (C=N–C) groups is 1. The highest BCUT2D eigenvalue weighted by atomic mass is 127. The van der Waals surface area contributed by atoms with Crippen molar-refractivity contribution in [1.82, 2.24) is 5.32 Å². The Bertz CT molecular complexity index is 764. The van der Waals surface area contributed by atoms with E-state index in [1.165, 1.54) is 0 Å². The predicted octanol–water partition coefficient (Wildman–Crippen LogP) is 2.61. The molecule has 0 aliphatic heterocycles. The SMILES string of the molecule is CN=C(NCc1ccc(C(N)=O)cc1)Nc1ccc(OC)c(OC)c1.I. The van der Waals surface area contributed by atoms with E-state index >= 15 is 0 Å². The van der Waals surface area contributed by atoms with Crippen molar-refractivity contribution in [3.63, 3.8) is 0 Å². The molecular weight excluding hydrogens is 447 g/mol. The number of anilines is 1. The molecule has 0 fully saturated rings. The molecule has 8 heteroatoms. The normalized spacial score (nSPS) is 10.5. The third-order valence-corrected chi connectivity index (χ3v) is 3.57. The minimum atomic E-state index is -0.439. The molecule has 2 rings (SSSR count). The number of nitrogens with two attached hydrogens (primary N) is 1. The van der Waals surface area contributed by atoms with Gasteiger partial charge >= 0.3 is 0 Å². The number of nitrogens with zero attached hydrogens (tertiary/aromatic N) is 1. The maximum atomic E-state index is 11.1. The molecule has 0 bridgehead atoms. The fourth-order valence-corrected chi connectivity index (χ4v) is 2.20. The van der Waals surface area contributed by atoms with Crippen LogP contribution in [0, 0.1) is 0 Å². The number of rotatable bonds is 6. The van der Waals surface area contributed by atoms with Gasteiger partial charge in [0.15, 0.2) is 17.5 Å². The van der Waals surface area contributed by atoms with E-state index in [1.807, 2.05) is 30.3 Å². The Hall–Kier alpha value is -2.49. The summed E-state index contributed by atoms with van der Waals surface area (Å²) in [6.45, 7) is 0.548. The van der Waals surface area contributed by atoms with E-state index in [0.717, 1.165) is 11.3 Å². The van der Waals surface area contributed by atoms with Crippen LogP contribution >= 0.6 is 24.0 Å². The van der Waals surface area contributed by atoms with Crippen LogP contribution in [-0.2, 0) is 6.54 Å². The van der Waals surface area contributed by atoms with Crippen LogP contribution in [0.1, 0.15) is 15.9 Å². The first-order valence-corrected chi connectivity index (χ1v) is 7.65. The Labute approximate surface area is 170 Å². The Morgan fingerprint density at radius 2 is 1.73 bits per heavy atom. The smallest absolute Gasteiger partial charge is 0.248 e. The molecule has 1 amide bonds. The standard InChI is InChI=1S/C18H22N4O3.HI/c1-20-18(21-11-12-4-6-13(7-5-12)17(19)23)22-14-8-9-15(24-2)16(10-14)25-3;/h4-10H,11H2,1-3H3,(H2,19,23)(H2,20,21,22);1H. The summed E-state index contributed by atoms with van der Waals surface area (Å²) in [6, 6.07) is 12.6. The second-order valence-corrected chi connectivity index (χ2v) is 5.18. The number of hydrogen-bond donors (Lipinski definition) is 3. The van der Waals surface area contributed by atoms with Crippen molar-refractivity contribution in [3.05, 3.63) is 53.6 Å². The lowest BCUT2D eigenvalue weighted by Crippen LogP contribution is -2.30. The molecule has 2 aromatic carbocycles. The third-order valence-electron chi connectivity index (χ3n) is 3.57. The van der Waals surface area contributed by atoms with Crippen LogP contribution in [0.5, 0.6) is 11.5 Å². The van der Waals surface area contributed by atoms with Gasteiger partial charge in [0.25, 0.3) is 0 Å². The molecule has 7 nitrogen and oxygen atoms in total. The molecular formula is C18H23IN4O3. The molecule has 140 valence electrons. The van der Waals surface area contributed by atoms with Crippen molar-refractivity contribution in [2.75, 3.05) is 26.6 Å². The monoisotopic (exact) mass is 470 g/mol. The highest BCUT2D eigenvalue weighted by molar-refractivity contribution is 14.0. The largest absolute Gasteiger partial charge is 0.493 e. The van der Waals surface area contributed by atoms with E-state index in [9.17, 15) is 4.79 Å². The lowest BCUT2D eigenvalue weighted by Gasteiger charge is -2.14. The first-order valence-electron chi connectivity index (χ1n) is 7.65. The Kier molecular flexibility index (Phi) is 8.70. The zero-order valence-electron chi connectivity index (χ0n) is 14.9. The average Bonchev–Trinajstić information content (AvgIpc) is 2.65. The number of guanidine groups is 1. The van der Waals surface area contributed by atoms with E-state index in [4.69, 9.17) is 15.2 Å². The first kappa shape index (κ1) is 21.6. The van der Waals surface area contributed by atoms with E-state index in [2.05, 4.69) is 15.6 Å². The first-order chi connectivity index (χ1) is 12.1. The number of halogens is 1. The van der Waals surface area contributed by atoms with E-state index in [1.54, 1.807) is 33.4 Å². The molecule has 0 heterocycles. The number of carbonyl (C=O) groups excluding carboxylic acids is 1. The van der Waals surface area contributed by atoms with E-state index < -0.39 is 5.91 Å². The van der Waals surface area contributed by atoms with Crippen molar-refractivity contribution in [1.29, 1.82) is 0 Å². The molecule has 0 radical (unpaired) electrons. The summed E-state index contributed by atoms with van der Waals surface area (Å²) in [6.07, 6.45) is 0. The summed E-state index contributed by atoms with van der Waals surface area (Å²) >= 11 is 0. The highest BCUT2D eigenvalue weighted by Gasteiger charge is 2.06. The maximum absolute atomic E-state index is 11.1. The molecule has 0 aliphatic rings. The van der Waals surface area contributed by atoms with Crippen LogP contribution in [0.15, 0.2) is 47.5 Å². The van der Waals surface area contributed by atoms with Gasteiger partial charge in [0.2, 0.25) is 5.91 Å². The number of methoxy groups -OCH3 is 2.